The predicted octanol–water partition coefficient (Wildman–Crippen LogP) is 0.931. The average molecular weight is 303 g/mol. The topological polar surface area (TPSA) is 89.5 Å². The van der Waals surface area contributed by atoms with Crippen molar-refractivity contribution in [2.24, 2.45) is 5.92 Å². The number of rotatable bonds is 9. The van der Waals surface area contributed by atoms with E-state index < -0.39 is 23.3 Å². The Kier molecular flexibility index (Phi) is 9.71. The van der Waals surface area contributed by atoms with Crippen molar-refractivity contribution in [2.45, 2.75) is 33.6 Å². The van der Waals surface area contributed by atoms with Gasteiger partial charge in [-0.2, -0.15) is 0 Å². The Morgan fingerprint density at radius 3 is 2.40 bits per heavy atom. The Labute approximate surface area is 123 Å². The fraction of sp³-hybridized carbons (Fsp3) is 0.692. The maximum Gasteiger partial charge on any atom is 0.375 e. The molecule has 0 heterocycles. The first kappa shape index (κ1) is 18.6. The standard InChI is InChI=1S/C13H21NO5S/c1-4-9(3)12(17)14-6-7-20-11(16)8-10(15)13(18)19-5-2/h9H,4-8H2,1-3H3,(H,14,17). The Hall–Kier alpha value is -1.37. The van der Waals surface area contributed by atoms with Gasteiger partial charge in [0.25, 0.3) is 0 Å². The molecule has 0 aromatic rings. The lowest BCUT2D eigenvalue weighted by Crippen LogP contribution is -2.30. The van der Waals surface area contributed by atoms with E-state index in [1.807, 2.05) is 13.8 Å². The van der Waals surface area contributed by atoms with E-state index in [-0.39, 0.29) is 18.4 Å². The van der Waals surface area contributed by atoms with Crippen LogP contribution in [0.4, 0.5) is 0 Å². The highest BCUT2D eigenvalue weighted by molar-refractivity contribution is 8.13. The van der Waals surface area contributed by atoms with Gasteiger partial charge in [-0.25, -0.2) is 4.79 Å². The highest BCUT2D eigenvalue weighted by atomic mass is 32.2. The molecule has 1 amide bonds. The molecule has 0 aliphatic heterocycles. The van der Waals surface area contributed by atoms with Crippen LogP contribution >= 0.6 is 11.8 Å². The number of amides is 1. The molecule has 0 saturated carbocycles. The lowest BCUT2D eigenvalue weighted by Gasteiger charge is -2.09. The zero-order valence-electron chi connectivity index (χ0n) is 12.1. The number of thioether (sulfide) groups is 1. The van der Waals surface area contributed by atoms with E-state index >= 15 is 0 Å². The molecule has 0 aliphatic carbocycles. The lowest BCUT2D eigenvalue weighted by molar-refractivity contribution is -0.153. The summed E-state index contributed by atoms with van der Waals surface area (Å²) in [7, 11) is 0. The summed E-state index contributed by atoms with van der Waals surface area (Å²) in [6.07, 6.45) is 0.286. The summed E-state index contributed by atoms with van der Waals surface area (Å²) >= 11 is 0.919. The number of ether oxygens (including phenoxy) is 1. The number of Topliss-reactive ketones (excluding diaryl/α,β-unsaturated/α-hetero) is 1. The van der Waals surface area contributed by atoms with Crippen molar-refractivity contribution in [3.63, 3.8) is 0 Å². The number of hydrogen-bond acceptors (Lipinski definition) is 6. The van der Waals surface area contributed by atoms with Gasteiger partial charge in [0.1, 0.15) is 0 Å². The van der Waals surface area contributed by atoms with Gasteiger partial charge in [0.2, 0.25) is 11.7 Å². The van der Waals surface area contributed by atoms with E-state index in [2.05, 4.69) is 10.1 Å². The first-order valence-corrected chi connectivity index (χ1v) is 7.54. The monoisotopic (exact) mass is 303 g/mol. The Morgan fingerprint density at radius 1 is 1.20 bits per heavy atom. The minimum absolute atomic E-state index is 0.0526. The van der Waals surface area contributed by atoms with Crippen LogP contribution in [-0.4, -0.2) is 41.7 Å². The van der Waals surface area contributed by atoms with Crippen LogP contribution < -0.4 is 5.32 Å². The van der Waals surface area contributed by atoms with E-state index in [4.69, 9.17) is 0 Å². The van der Waals surface area contributed by atoms with Gasteiger partial charge < -0.3 is 10.1 Å². The molecule has 0 aromatic carbocycles. The van der Waals surface area contributed by atoms with Crippen LogP contribution in [0, 0.1) is 5.92 Å². The zero-order valence-corrected chi connectivity index (χ0v) is 12.9. The van der Waals surface area contributed by atoms with Gasteiger partial charge in [0.15, 0.2) is 5.12 Å². The molecular weight excluding hydrogens is 282 g/mol. The van der Waals surface area contributed by atoms with Gasteiger partial charge in [-0.05, 0) is 13.3 Å². The molecule has 1 N–H and O–H groups in total. The van der Waals surface area contributed by atoms with Crippen LogP contribution in [0.1, 0.15) is 33.6 Å². The minimum Gasteiger partial charge on any atom is -0.460 e. The zero-order chi connectivity index (χ0) is 15.5. The molecule has 6 nitrogen and oxygen atoms in total. The maximum absolute atomic E-state index is 11.4. The van der Waals surface area contributed by atoms with Crippen LogP contribution in [0.15, 0.2) is 0 Å². The molecule has 20 heavy (non-hydrogen) atoms. The molecule has 0 aliphatic rings. The van der Waals surface area contributed by atoms with Gasteiger partial charge in [-0.15, -0.1) is 0 Å². The van der Waals surface area contributed by atoms with E-state index in [0.717, 1.165) is 18.2 Å². The number of carbonyl (C=O) groups excluding carboxylic acids is 4. The van der Waals surface area contributed by atoms with E-state index in [0.29, 0.717) is 12.3 Å². The molecule has 0 spiro atoms. The summed E-state index contributed by atoms with van der Waals surface area (Å²) in [6, 6.07) is 0. The molecule has 7 heteroatoms. The average Bonchev–Trinajstić information content (AvgIpc) is 2.42. The second-order valence-corrected chi connectivity index (χ2v) is 5.29. The molecule has 0 saturated heterocycles. The minimum atomic E-state index is -0.980. The van der Waals surface area contributed by atoms with E-state index in [1.165, 1.54) is 0 Å². The third-order valence-electron chi connectivity index (χ3n) is 2.53. The van der Waals surface area contributed by atoms with Crippen molar-refractivity contribution >= 4 is 34.5 Å². The highest BCUT2D eigenvalue weighted by Gasteiger charge is 2.19. The van der Waals surface area contributed by atoms with Crippen molar-refractivity contribution in [3.05, 3.63) is 0 Å². The molecule has 0 aromatic heterocycles. The molecule has 114 valence electrons. The van der Waals surface area contributed by atoms with Crippen molar-refractivity contribution in [3.8, 4) is 0 Å². The molecule has 0 rings (SSSR count). The fourth-order valence-corrected chi connectivity index (χ4v) is 1.83. The summed E-state index contributed by atoms with van der Waals surface area (Å²) in [5, 5.41) is 2.29. The van der Waals surface area contributed by atoms with Crippen molar-refractivity contribution in [1.29, 1.82) is 0 Å². The van der Waals surface area contributed by atoms with Crippen molar-refractivity contribution < 1.29 is 23.9 Å². The number of nitrogens with one attached hydrogen (secondary N) is 1. The molecule has 0 radical (unpaired) electrons. The number of carbonyl (C=O) groups is 4. The van der Waals surface area contributed by atoms with Crippen LogP contribution in [0.5, 0.6) is 0 Å². The Balaban J connectivity index is 3.82. The largest absolute Gasteiger partial charge is 0.460 e. The first-order valence-electron chi connectivity index (χ1n) is 6.55. The molecule has 0 fully saturated rings. The lowest BCUT2D eigenvalue weighted by atomic mass is 10.1. The van der Waals surface area contributed by atoms with E-state index in [9.17, 15) is 19.2 Å². The van der Waals surface area contributed by atoms with Gasteiger partial charge in [-0.3, -0.25) is 14.4 Å². The van der Waals surface area contributed by atoms with Gasteiger partial charge in [0.05, 0.1) is 13.0 Å². The maximum atomic E-state index is 11.4. The Bertz CT molecular complexity index is 370. The fourth-order valence-electron chi connectivity index (χ4n) is 1.16. The quantitative estimate of drug-likeness (QED) is 0.295. The number of ketones is 1. The van der Waals surface area contributed by atoms with Gasteiger partial charge >= 0.3 is 5.97 Å². The van der Waals surface area contributed by atoms with E-state index in [1.54, 1.807) is 6.92 Å². The molecule has 0 bridgehead atoms. The summed E-state index contributed by atoms with van der Waals surface area (Å²) in [4.78, 5) is 45.1. The van der Waals surface area contributed by atoms with Gasteiger partial charge in [-0.1, -0.05) is 25.6 Å². The SMILES string of the molecule is CCOC(=O)C(=O)CC(=O)SCCNC(=O)C(C)CC. The normalized spacial score (nSPS) is 11.6. The van der Waals surface area contributed by atoms with Crippen LogP contribution in [-0.2, 0) is 23.9 Å². The number of esters is 1. The van der Waals surface area contributed by atoms with Crippen LogP contribution in [0.2, 0.25) is 0 Å². The van der Waals surface area contributed by atoms with Crippen LogP contribution in [0.25, 0.3) is 0 Å². The second-order valence-electron chi connectivity index (χ2n) is 4.14. The second kappa shape index (κ2) is 10.4. The smallest absolute Gasteiger partial charge is 0.375 e. The third-order valence-corrected chi connectivity index (χ3v) is 3.41. The predicted molar refractivity (Wildman–Crippen MR) is 76.2 cm³/mol. The summed E-state index contributed by atoms with van der Waals surface area (Å²) in [5.74, 6) is -1.55. The number of hydrogen-bond donors (Lipinski definition) is 1. The molecular formula is C13H21NO5S. The Morgan fingerprint density at radius 2 is 1.85 bits per heavy atom. The highest BCUT2D eigenvalue weighted by Crippen LogP contribution is 2.06. The first-order chi connectivity index (χ1) is 9.42. The summed E-state index contributed by atoms with van der Waals surface area (Å²) in [6.45, 7) is 5.79. The summed E-state index contributed by atoms with van der Waals surface area (Å²) in [5.41, 5.74) is 0. The molecule has 1 atom stereocenters. The van der Waals surface area contributed by atoms with Crippen molar-refractivity contribution in [2.75, 3.05) is 18.9 Å². The van der Waals surface area contributed by atoms with Gasteiger partial charge in [0, 0.05) is 18.2 Å². The summed E-state index contributed by atoms with van der Waals surface area (Å²) < 4.78 is 4.49. The molecule has 1 unspecified atom stereocenters. The van der Waals surface area contributed by atoms with Crippen molar-refractivity contribution in [1.82, 2.24) is 5.32 Å². The third kappa shape index (κ3) is 7.93. The van der Waals surface area contributed by atoms with Crippen LogP contribution in [0.3, 0.4) is 0 Å².